The van der Waals surface area contributed by atoms with Crippen LogP contribution in [0, 0.1) is 6.92 Å². The molecule has 134 valence electrons. The van der Waals surface area contributed by atoms with E-state index in [2.05, 4.69) is 46.5 Å². The van der Waals surface area contributed by atoms with Crippen molar-refractivity contribution in [1.82, 2.24) is 15.3 Å². The van der Waals surface area contributed by atoms with E-state index in [1.165, 1.54) is 11.1 Å². The zero-order valence-corrected chi connectivity index (χ0v) is 15.8. The molecule has 2 aromatic heterocycles. The number of hydrogen-bond donors (Lipinski definition) is 1. The van der Waals surface area contributed by atoms with Gasteiger partial charge in [0.1, 0.15) is 5.01 Å². The second-order valence-electron chi connectivity index (χ2n) is 6.30. The van der Waals surface area contributed by atoms with Gasteiger partial charge < -0.3 is 5.32 Å². The highest BCUT2D eigenvalue weighted by atomic mass is 32.1. The predicted molar refractivity (Wildman–Crippen MR) is 106 cm³/mol. The van der Waals surface area contributed by atoms with Crippen LogP contribution in [0.4, 0.5) is 0 Å². The van der Waals surface area contributed by atoms with Gasteiger partial charge in [0, 0.05) is 31.0 Å². The Hall–Kier alpha value is -2.53. The van der Waals surface area contributed by atoms with Crippen molar-refractivity contribution in [2.24, 2.45) is 0 Å². The number of benzene rings is 1. The second-order valence-corrected chi connectivity index (χ2v) is 7.16. The maximum atomic E-state index is 12.0. The van der Waals surface area contributed by atoms with E-state index in [0.717, 1.165) is 35.7 Å². The second kappa shape index (κ2) is 9.25. The molecule has 1 N–H and O–H groups in total. The molecular weight excluding hydrogens is 342 g/mol. The summed E-state index contributed by atoms with van der Waals surface area (Å²) in [6, 6.07) is 14.3. The number of hydrogen-bond acceptors (Lipinski definition) is 4. The number of carbonyl (C=O) groups excluding carboxylic acids is 1. The third kappa shape index (κ3) is 5.49. The monoisotopic (exact) mass is 365 g/mol. The van der Waals surface area contributed by atoms with Gasteiger partial charge in [-0.2, -0.15) is 0 Å². The van der Waals surface area contributed by atoms with E-state index in [0.29, 0.717) is 13.0 Å². The van der Waals surface area contributed by atoms with Crippen LogP contribution in [0.15, 0.2) is 54.0 Å². The Labute approximate surface area is 158 Å². The van der Waals surface area contributed by atoms with Crippen LogP contribution in [0.5, 0.6) is 0 Å². The Balaban J connectivity index is 1.36. The van der Waals surface area contributed by atoms with Crippen LogP contribution >= 0.6 is 11.3 Å². The molecule has 3 rings (SSSR count). The first-order valence-electron chi connectivity index (χ1n) is 8.89. The van der Waals surface area contributed by atoms with E-state index in [9.17, 15) is 4.79 Å². The lowest BCUT2D eigenvalue weighted by Crippen LogP contribution is -2.25. The van der Waals surface area contributed by atoms with Crippen LogP contribution in [0.2, 0.25) is 0 Å². The number of amides is 1. The van der Waals surface area contributed by atoms with Crippen molar-refractivity contribution in [2.45, 2.75) is 32.6 Å². The summed E-state index contributed by atoms with van der Waals surface area (Å²) in [4.78, 5) is 20.9. The first-order chi connectivity index (χ1) is 12.7. The molecule has 3 aromatic rings. The van der Waals surface area contributed by atoms with Gasteiger partial charge in [0.15, 0.2) is 0 Å². The van der Waals surface area contributed by atoms with Gasteiger partial charge in [0.25, 0.3) is 0 Å². The SMILES string of the molecule is Cc1ccc(CCCC(=O)NCCc2csc(-c3ccccn3)n2)cc1. The largest absolute Gasteiger partial charge is 0.356 e. The maximum Gasteiger partial charge on any atom is 0.220 e. The summed E-state index contributed by atoms with van der Waals surface area (Å²) >= 11 is 1.59. The van der Waals surface area contributed by atoms with Crippen LogP contribution < -0.4 is 5.32 Å². The summed E-state index contributed by atoms with van der Waals surface area (Å²) in [7, 11) is 0. The van der Waals surface area contributed by atoms with Gasteiger partial charge in [-0.1, -0.05) is 35.9 Å². The van der Waals surface area contributed by atoms with Crippen molar-refractivity contribution >= 4 is 17.2 Å². The van der Waals surface area contributed by atoms with Crippen LogP contribution in [0.1, 0.15) is 29.7 Å². The third-order valence-corrected chi connectivity index (χ3v) is 5.04. The molecular formula is C21H23N3OS. The number of nitrogens with zero attached hydrogens (tertiary/aromatic N) is 2. The van der Waals surface area contributed by atoms with Gasteiger partial charge in [-0.15, -0.1) is 11.3 Å². The smallest absolute Gasteiger partial charge is 0.220 e. The molecule has 0 unspecified atom stereocenters. The number of thiazole rings is 1. The molecule has 0 saturated heterocycles. The fourth-order valence-electron chi connectivity index (χ4n) is 2.65. The van der Waals surface area contributed by atoms with Crippen LogP contribution in [-0.4, -0.2) is 22.4 Å². The number of aryl methyl sites for hydroxylation is 2. The van der Waals surface area contributed by atoms with Gasteiger partial charge in [-0.25, -0.2) is 4.98 Å². The van der Waals surface area contributed by atoms with Crippen molar-refractivity contribution in [2.75, 3.05) is 6.54 Å². The summed E-state index contributed by atoms with van der Waals surface area (Å²) < 4.78 is 0. The molecule has 5 heteroatoms. The highest BCUT2D eigenvalue weighted by Gasteiger charge is 2.06. The fourth-order valence-corrected chi connectivity index (χ4v) is 3.48. The number of carbonyl (C=O) groups is 1. The molecule has 1 aromatic carbocycles. The highest BCUT2D eigenvalue weighted by molar-refractivity contribution is 7.13. The lowest BCUT2D eigenvalue weighted by molar-refractivity contribution is -0.121. The molecule has 26 heavy (non-hydrogen) atoms. The number of rotatable bonds is 8. The van der Waals surface area contributed by atoms with Gasteiger partial charge >= 0.3 is 0 Å². The van der Waals surface area contributed by atoms with E-state index < -0.39 is 0 Å². The quantitative estimate of drug-likeness (QED) is 0.651. The normalized spacial score (nSPS) is 10.7. The van der Waals surface area contributed by atoms with E-state index in [-0.39, 0.29) is 5.91 Å². The van der Waals surface area contributed by atoms with Crippen LogP contribution in [-0.2, 0) is 17.6 Å². The molecule has 2 heterocycles. The molecule has 0 spiro atoms. The lowest BCUT2D eigenvalue weighted by atomic mass is 10.1. The molecule has 0 fully saturated rings. The summed E-state index contributed by atoms with van der Waals surface area (Å²) in [5.74, 6) is 0.109. The van der Waals surface area contributed by atoms with Crippen molar-refractivity contribution in [3.05, 3.63) is 70.9 Å². The van der Waals surface area contributed by atoms with E-state index in [1.54, 1.807) is 17.5 Å². The van der Waals surface area contributed by atoms with E-state index >= 15 is 0 Å². The standard InChI is InChI=1S/C21H23N3OS/c1-16-8-10-17(11-9-16)5-4-7-20(25)23-14-12-18-15-26-21(24-18)19-6-2-3-13-22-19/h2-3,6,8-11,13,15H,4-5,7,12,14H2,1H3,(H,23,25). The average molecular weight is 366 g/mol. The summed E-state index contributed by atoms with van der Waals surface area (Å²) in [5, 5.41) is 5.94. The summed E-state index contributed by atoms with van der Waals surface area (Å²) in [5.41, 5.74) is 4.44. The number of aromatic nitrogens is 2. The first kappa shape index (κ1) is 18.3. The topological polar surface area (TPSA) is 54.9 Å². The molecule has 4 nitrogen and oxygen atoms in total. The minimum absolute atomic E-state index is 0.109. The van der Waals surface area contributed by atoms with E-state index in [4.69, 9.17) is 0 Å². The summed E-state index contributed by atoms with van der Waals surface area (Å²) in [6.45, 7) is 2.70. The zero-order valence-electron chi connectivity index (χ0n) is 14.9. The lowest BCUT2D eigenvalue weighted by Gasteiger charge is -2.05. The first-order valence-corrected chi connectivity index (χ1v) is 9.77. The molecule has 0 aliphatic heterocycles. The Morgan fingerprint density at radius 3 is 2.73 bits per heavy atom. The fraction of sp³-hybridized carbons (Fsp3) is 0.286. The Morgan fingerprint density at radius 2 is 1.96 bits per heavy atom. The van der Waals surface area contributed by atoms with Gasteiger partial charge in [0.05, 0.1) is 11.4 Å². The highest BCUT2D eigenvalue weighted by Crippen LogP contribution is 2.21. The van der Waals surface area contributed by atoms with Crippen LogP contribution in [0.3, 0.4) is 0 Å². The molecule has 0 atom stereocenters. The van der Waals surface area contributed by atoms with Gasteiger partial charge in [0.2, 0.25) is 5.91 Å². The van der Waals surface area contributed by atoms with Gasteiger partial charge in [-0.3, -0.25) is 9.78 Å². The van der Waals surface area contributed by atoms with E-state index in [1.807, 2.05) is 23.6 Å². The molecule has 0 aliphatic rings. The van der Waals surface area contributed by atoms with Crippen LogP contribution in [0.25, 0.3) is 10.7 Å². The van der Waals surface area contributed by atoms with Gasteiger partial charge in [-0.05, 0) is 37.5 Å². The summed E-state index contributed by atoms with van der Waals surface area (Å²) in [6.07, 6.45) is 4.88. The van der Waals surface area contributed by atoms with Crippen molar-refractivity contribution < 1.29 is 4.79 Å². The predicted octanol–water partition coefficient (Wildman–Crippen LogP) is 4.20. The Bertz CT molecular complexity index is 828. The Morgan fingerprint density at radius 1 is 1.12 bits per heavy atom. The average Bonchev–Trinajstić information content (AvgIpc) is 3.13. The number of pyridine rings is 1. The van der Waals surface area contributed by atoms with Crippen molar-refractivity contribution in [3.8, 4) is 10.7 Å². The number of nitrogens with one attached hydrogen (secondary N) is 1. The maximum absolute atomic E-state index is 12.0. The third-order valence-electron chi connectivity index (χ3n) is 4.13. The molecule has 0 radical (unpaired) electrons. The minimum Gasteiger partial charge on any atom is -0.356 e. The van der Waals surface area contributed by atoms with Crippen molar-refractivity contribution in [3.63, 3.8) is 0 Å². The minimum atomic E-state index is 0.109. The molecule has 0 bridgehead atoms. The molecule has 0 saturated carbocycles. The molecule has 1 amide bonds. The van der Waals surface area contributed by atoms with Crippen molar-refractivity contribution in [1.29, 1.82) is 0 Å². The molecule has 0 aliphatic carbocycles. The Kier molecular flexibility index (Phi) is 6.50. The zero-order chi connectivity index (χ0) is 18.2.